The van der Waals surface area contributed by atoms with Crippen molar-refractivity contribution in [1.82, 2.24) is 4.90 Å². The van der Waals surface area contributed by atoms with Crippen molar-refractivity contribution in [3.8, 4) is 5.75 Å². The van der Waals surface area contributed by atoms with Gasteiger partial charge < -0.3 is 9.64 Å². The van der Waals surface area contributed by atoms with Crippen molar-refractivity contribution in [2.45, 2.75) is 32.1 Å². The predicted octanol–water partition coefficient (Wildman–Crippen LogP) is 3.00. The molecule has 3 nitrogen and oxygen atoms in total. The second-order valence-corrected chi connectivity index (χ2v) is 4.87. The summed E-state index contributed by atoms with van der Waals surface area (Å²) in [6.45, 7) is 1.50. The number of rotatable bonds is 3. The van der Waals surface area contributed by atoms with Crippen LogP contribution in [0.15, 0.2) is 24.3 Å². The topological polar surface area (TPSA) is 29.5 Å². The maximum atomic E-state index is 13.4. The smallest absolute Gasteiger partial charge is 0.260 e. The molecule has 1 fully saturated rings. The quantitative estimate of drug-likeness (QED) is 0.840. The summed E-state index contributed by atoms with van der Waals surface area (Å²) in [5.74, 6) is -0.337. The van der Waals surface area contributed by atoms with Crippen LogP contribution in [0, 0.1) is 5.82 Å². The van der Waals surface area contributed by atoms with E-state index in [1.165, 1.54) is 31.4 Å². The van der Waals surface area contributed by atoms with Crippen molar-refractivity contribution in [3.05, 3.63) is 30.1 Å². The number of nitrogens with zero attached hydrogens (tertiary/aromatic N) is 1. The van der Waals surface area contributed by atoms with Crippen molar-refractivity contribution >= 4 is 5.91 Å². The molecule has 4 heteroatoms. The van der Waals surface area contributed by atoms with Gasteiger partial charge in [-0.15, -0.1) is 0 Å². The molecular weight excluding hydrogens is 245 g/mol. The molecule has 1 aliphatic rings. The van der Waals surface area contributed by atoms with Crippen LogP contribution in [0.5, 0.6) is 5.75 Å². The molecule has 0 unspecified atom stereocenters. The highest BCUT2D eigenvalue weighted by Gasteiger charge is 2.15. The number of hydrogen-bond acceptors (Lipinski definition) is 2. The lowest BCUT2D eigenvalue weighted by molar-refractivity contribution is -0.133. The van der Waals surface area contributed by atoms with Gasteiger partial charge in [0.05, 0.1) is 0 Å². The average Bonchev–Trinajstić information content (AvgIpc) is 2.37. The Labute approximate surface area is 113 Å². The van der Waals surface area contributed by atoms with Gasteiger partial charge in [0.2, 0.25) is 0 Å². The van der Waals surface area contributed by atoms with E-state index in [1.807, 2.05) is 4.90 Å². The summed E-state index contributed by atoms with van der Waals surface area (Å²) in [5.41, 5.74) is 0. The normalized spacial score (nSPS) is 16.6. The highest BCUT2D eigenvalue weighted by atomic mass is 19.1. The summed E-state index contributed by atoms with van der Waals surface area (Å²) in [6, 6.07) is 6.16. The molecule has 1 aliphatic heterocycles. The standard InChI is InChI=1S/C15H20FNO2/c16-13-8-4-5-9-14(13)19-12-15(18)17-10-6-2-1-3-7-11-17/h4-5,8-9H,1-3,6-7,10-12H2. The molecule has 0 bridgehead atoms. The number of halogens is 1. The van der Waals surface area contributed by atoms with Crippen molar-refractivity contribution in [1.29, 1.82) is 0 Å². The SMILES string of the molecule is O=C(COc1ccccc1F)N1CCCCCCC1. The molecule has 2 rings (SSSR count). The first-order valence-corrected chi connectivity index (χ1v) is 6.92. The fourth-order valence-electron chi connectivity index (χ4n) is 2.29. The van der Waals surface area contributed by atoms with Gasteiger partial charge in [-0.3, -0.25) is 4.79 Å². The van der Waals surface area contributed by atoms with Gasteiger partial charge in [0, 0.05) is 13.1 Å². The molecule has 1 saturated heterocycles. The van der Waals surface area contributed by atoms with Crippen molar-refractivity contribution in [3.63, 3.8) is 0 Å². The molecule has 0 spiro atoms. The van der Waals surface area contributed by atoms with Gasteiger partial charge in [0.25, 0.3) is 5.91 Å². The van der Waals surface area contributed by atoms with Crippen molar-refractivity contribution in [2.24, 2.45) is 0 Å². The summed E-state index contributed by atoms with van der Waals surface area (Å²) < 4.78 is 18.6. The van der Waals surface area contributed by atoms with Crippen LogP contribution in [0.2, 0.25) is 0 Å². The number of para-hydroxylation sites is 1. The lowest BCUT2D eigenvalue weighted by Crippen LogP contribution is -2.37. The molecule has 0 radical (unpaired) electrons. The van der Waals surface area contributed by atoms with Crippen LogP contribution in [0.1, 0.15) is 32.1 Å². The minimum atomic E-state index is -0.428. The van der Waals surface area contributed by atoms with Gasteiger partial charge in [-0.25, -0.2) is 4.39 Å². The van der Waals surface area contributed by atoms with Crippen LogP contribution in [0.4, 0.5) is 4.39 Å². The fraction of sp³-hybridized carbons (Fsp3) is 0.533. The van der Waals surface area contributed by atoms with Crippen LogP contribution >= 0.6 is 0 Å². The molecule has 1 aromatic rings. The molecular formula is C15H20FNO2. The number of likely N-dealkylation sites (tertiary alicyclic amines) is 1. The second kappa shape index (κ2) is 7.12. The first-order valence-electron chi connectivity index (χ1n) is 6.92. The van der Waals surface area contributed by atoms with Crippen LogP contribution in [-0.4, -0.2) is 30.5 Å². The zero-order chi connectivity index (χ0) is 13.5. The third kappa shape index (κ3) is 4.23. The van der Waals surface area contributed by atoms with E-state index in [0.717, 1.165) is 25.9 Å². The van der Waals surface area contributed by atoms with Crippen molar-refractivity contribution in [2.75, 3.05) is 19.7 Å². The first kappa shape index (κ1) is 13.8. The molecule has 0 N–H and O–H groups in total. The molecule has 104 valence electrons. The minimum Gasteiger partial charge on any atom is -0.481 e. The monoisotopic (exact) mass is 265 g/mol. The Morgan fingerprint density at radius 1 is 1.11 bits per heavy atom. The number of carbonyl (C=O) groups is 1. The predicted molar refractivity (Wildman–Crippen MR) is 71.6 cm³/mol. The highest BCUT2D eigenvalue weighted by Crippen LogP contribution is 2.16. The minimum absolute atomic E-state index is 0.0508. The number of benzene rings is 1. The Hall–Kier alpha value is -1.58. The van der Waals surface area contributed by atoms with Gasteiger partial charge in [-0.2, -0.15) is 0 Å². The van der Waals surface area contributed by atoms with Gasteiger partial charge >= 0.3 is 0 Å². The van der Waals surface area contributed by atoms with E-state index in [2.05, 4.69) is 0 Å². The van der Waals surface area contributed by atoms with E-state index < -0.39 is 5.82 Å². The molecule has 0 aliphatic carbocycles. The maximum Gasteiger partial charge on any atom is 0.260 e. The Balaban J connectivity index is 1.84. The lowest BCUT2D eigenvalue weighted by atomic mass is 10.1. The Morgan fingerprint density at radius 3 is 2.42 bits per heavy atom. The van der Waals surface area contributed by atoms with Crippen LogP contribution in [-0.2, 0) is 4.79 Å². The molecule has 1 aromatic carbocycles. The molecule has 19 heavy (non-hydrogen) atoms. The Kier molecular flexibility index (Phi) is 5.19. The zero-order valence-electron chi connectivity index (χ0n) is 11.1. The number of amides is 1. The van der Waals surface area contributed by atoms with Crippen LogP contribution in [0.25, 0.3) is 0 Å². The largest absolute Gasteiger partial charge is 0.481 e. The van der Waals surface area contributed by atoms with Crippen LogP contribution < -0.4 is 4.74 Å². The van der Waals surface area contributed by atoms with E-state index in [-0.39, 0.29) is 18.3 Å². The maximum absolute atomic E-state index is 13.4. The second-order valence-electron chi connectivity index (χ2n) is 4.87. The average molecular weight is 265 g/mol. The Bertz CT molecular complexity index is 414. The number of hydrogen-bond donors (Lipinski definition) is 0. The summed E-state index contributed by atoms with van der Waals surface area (Å²) in [6.07, 6.45) is 5.71. The van der Waals surface area contributed by atoms with E-state index in [1.54, 1.807) is 12.1 Å². The number of carbonyl (C=O) groups excluding carboxylic acids is 1. The summed E-state index contributed by atoms with van der Waals surface area (Å²) in [5, 5.41) is 0. The molecule has 1 heterocycles. The highest BCUT2D eigenvalue weighted by molar-refractivity contribution is 5.77. The van der Waals surface area contributed by atoms with Gasteiger partial charge in [-0.05, 0) is 25.0 Å². The zero-order valence-corrected chi connectivity index (χ0v) is 11.1. The van der Waals surface area contributed by atoms with Crippen molar-refractivity contribution < 1.29 is 13.9 Å². The van der Waals surface area contributed by atoms with Gasteiger partial charge in [0.1, 0.15) is 0 Å². The molecule has 0 atom stereocenters. The summed E-state index contributed by atoms with van der Waals surface area (Å²) >= 11 is 0. The Morgan fingerprint density at radius 2 is 1.74 bits per heavy atom. The third-order valence-electron chi connectivity index (χ3n) is 3.40. The van der Waals surface area contributed by atoms with E-state index >= 15 is 0 Å². The lowest BCUT2D eigenvalue weighted by Gasteiger charge is -2.24. The third-order valence-corrected chi connectivity index (χ3v) is 3.40. The van der Waals surface area contributed by atoms with Gasteiger partial charge in [0.15, 0.2) is 18.2 Å². The number of ether oxygens (including phenoxy) is 1. The fourth-order valence-corrected chi connectivity index (χ4v) is 2.29. The van der Waals surface area contributed by atoms with E-state index in [4.69, 9.17) is 4.74 Å². The first-order chi connectivity index (χ1) is 9.27. The summed E-state index contributed by atoms with van der Waals surface area (Å²) in [7, 11) is 0. The molecule has 0 aromatic heterocycles. The van der Waals surface area contributed by atoms with Gasteiger partial charge in [-0.1, -0.05) is 31.4 Å². The van der Waals surface area contributed by atoms with Crippen LogP contribution in [0.3, 0.4) is 0 Å². The molecule has 1 amide bonds. The van der Waals surface area contributed by atoms with E-state index in [0.29, 0.717) is 0 Å². The molecule has 0 saturated carbocycles. The summed E-state index contributed by atoms with van der Waals surface area (Å²) in [4.78, 5) is 13.9. The van der Waals surface area contributed by atoms with E-state index in [9.17, 15) is 9.18 Å².